The minimum atomic E-state index is -0.169. The number of furan rings is 1. The van der Waals surface area contributed by atoms with Gasteiger partial charge in [-0.2, -0.15) is 0 Å². The van der Waals surface area contributed by atoms with Gasteiger partial charge in [0.25, 0.3) is 0 Å². The molecule has 0 aliphatic carbocycles. The lowest BCUT2D eigenvalue weighted by atomic mass is 10.1. The number of unbranched alkanes of at least 4 members (excludes halogenated alkanes) is 1. The van der Waals surface area contributed by atoms with Gasteiger partial charge in [-0.1, -0.05) is 18.2 Å². The van der Waals surface area contributed by atoms with E-state index in [1.807, 2.05) is 18.2 Å². The van der Waals surface area contributed by atoms with Crippen LogP contribution in [0.5, 0.6) is 0 Å². The molecule has 0 amide bonds. The van der Waals surface area contributed by atoms with E-state index in [9.17, 15) is 4.79 Å². The summed E-state index contributed by atoms with van der Waals surface area (Å²) in [7, 11) is 3.14. The molecule has 7 heteroatoms. The Labute approximate surface area is 165 Å². The number of rotatable bonds is 7. The molecule has 0 saturated carbocycles. The van der Waals surface area contributed by atoms with Gasteiger partial charge >= 0.3 is 5.97 Å². The fourth-order valence-corrected chi connectivity index (χ4v) is 2.48. The predicted molar refractivity (Wildman–Crippen MR) is 110 cm³/mol. The first-order chi connectivity index (χ1) is 11.7. The number of benzene rings is 1. The Morgan fingerprint density at radius 3 is 2.68 bits per heavy atom. The number of aliphatic imine (C=N–C) groups is 1. The molecule has 2 N–H and O–H groups in total. The first kappa shape index (κ1) is 21.3. The van der Waals surface area contributed by atoms with E-state index >= 15 is 0 Å². The highest BCUT2D eigenvalue weighted by atomic mass is 127. The topological polar surface area (TPSA) is 75.9 Å². The summed E-state index contributed by atoms with van der Waals surface area (Å²) in [5.74, 6) is 1.45. The second kappa shape index (κ2) is 11.0. The molecule has 2 aromatic rings. The van der Waals surface area contributed by atoms with E-state index < -0.39 is 0 Å². The Bertz CT molecular complexity index is 713. The minimum absolute atomic E-state index is 0. The van der Waals surface area contributed by atoms with E-state index in [1.165, 1.54) is 7.11 Å². The fraction of sp³-hybridized carbons (Fsp3) is 0.444. The fourth-order valence-electron chi connectivity index (χ4n) is 2.48. The zero-order valence-corrected chi connectivity index (χ0v) is 17.3. The molecule has 0 spiro atoms. The number of nitrogens with one attached hydrogen (secondary N) is 2. The molecule has 6 nitrogen and oxygen atoms in total. The number of hydrogen-bond donors (Lipinski definition) is 2. The highest BCUT2D eigenvalue weighted by Crippen LogP contribution is 2.24. The predicted octanol–water partition coefficient (Wildman–Crippen LogP) is 3.37. The lowest BCUT2D eigenvalue weighted by molar-refractivity contribution is -0.140. The summed E-state index contributed by atoms with van der Waals surface area (Å²) in [6, 6.07) is 8.01. The van der Waals surface area contributed by atoms with Crippen molar-refractivity contribution < 1.29 is 13.9 Å². The molecule has 1 heterocycles. The van der Waals surface area contributed by atoms with E-state index in [1.54, 1.807) is 7.05 Å². The number of hydrogen-bond acceptors (Lipinski definition) is 4. The second-order valence-electron chi connectivity index (χ2n) is 5.53. The van der Waals surface area contributed by atoms with Gasteiger partial charge in [-0.25, -0.2) is 0 Å². The van der Waals surface area contributed by atoms with Crippen LogP contribution in [0.3, 0.4) is 0 Å². The molecule has 0 radical (unpaired) electrons. The molecule has 138 valence electrons. The number of para-hydroxylation sites is 1. The summed E-state index contributed by atoms with van der Waals surface area (Å²) in [6.45, 7) is 3.38. The summed E-state index contributed by atoms with van der Waals surface area (Å²) in [5, 5.41) is 7.62. The monoisotopic (exact) mass is 459 g/mol. The zero-order valence-electron chi connectivity index (χ0n) is 14.9. The highest BCUT2D eigenvalue weighted by Gasteiger charge is 2.10. The normalized spacial score (nSPS) is 11.1. The highest BCUT2D eigenvalue weighted by molar-refractivity contribution is 14.0. The molecule has 1 aromatic carbocycles. The Balaban J connectivity index is 0.00000312. The third-order valence-electron chi connectivity index (χ3n) is 3.91. The molecule has 2 rings (SSSR count). The molecule has 0 bridgehead atoms. The van der Waals surface area contributed by atoms with Gasteiger partial charge in [0.2, 0.25) is 0 Å². The number of carbonyl (C=O) groups is 1. The van der Waals surface area contributed by atoms with Gasteiger partial charge in [-0.05, 0) is 25.8 Å². The number of nitrogens with zero attached hydrogens (tertiary/aromatic N) is 1. The Kier molecular flexibility index (Phi) is 9.33. The van der Waals surface area contributed by atoms with Crippen LogP contribution in [0, 0.1) is 6.92 Å². The maximum absolute atomic E-state index is 11.0. The smallest absolute Gasteiger partial charge is 0.305 e. The van der Waals surface area contributed by atoms with Gasteiger partial charge in [-0.15, -0.1) is 24.0 Å². The van der Waals surface area contributed by atoms with Gasteiger partial charge in [0, 0.05) is 31.0 Å². The largest absolute Gasteiger partial charge is 0.469 e. The van der Waals surface area contributed by atoms with Crippen molar-refractivity contribution in [2.45, 2.75) is 32.7 Å². The van der Waals surface area contributed by atoms with Crippen molar-refractivity contribution in [2.24, 2.45) is 4.99 Å². The zero-order chi connectivity index (χ0) is 17.4. The van der Waals surface area contributed by atoms with Crippen LogP contribution in [0.25, 0.3) is 11.0 Å². The molecule has 0 fully saturated rings. The average Bonchev–Trinajstić information content (AvgIpc) is 2.93. The van der Waals surface area contributed by atoms with Crippen LogP contribution in [0.2, 0.25) is 0 Å². The number of guanidine groups is 1. The van der Waals surface area contributed by atoms with E-state index in [-0.39, 0.29) is 29.9 Å². The average molecular weight is 459 g/mol. The molecular formula is C18H26IN3O3. The Morgan fingerprint density at radius 2 is 2.00 bits per heavy atom. The molecule has 0 aliphatic rings. The number of halogens is 1. The van der Waals surface area contributed by atoms with Crippen LogP contribution in [0.4, 0.5) is 0 Å². The molecule has 0 saturated heterocycles. The summed E-state index contributed by atoms with van der Waals surface area (Å²) in [5.41, 5.74) is 2.05. The summed E-state index contributed by atoms with van der Waals surface area (Å²) in [4.78, 5) is 15.2. The summed E-state index contributed by atoms with van der Waals surface area (Å²) in [6.07, 6.45) is 2.11. The number of ether oxygens (including phenoxy) is 1. The van der Waals surface area contributed by atoms with Crippen molar-refractivity contribution in [2.75, 3.05) is 20.7 Å². The van der Waals surface area contributed by atoms with Gasteiger partial charge in [-0.3, -0.25) is 9.79 Å². The van der Waals surface area contributed by atoms with Crippen molar-refractivity contribution in [3.8, 4) is 0 Å². The van der Waals surface area contributed by atoms with E-state index in [0.29, 0.717) is 18.9 Å². The van der Waals surface area contributed by atoms with Crippen LogP contribution in [-0.4, -0.2) is 32.6 Å². The van der Waals surface area contributed by atoms with Gasteiger partial charge < -0.3 is 19.8 Å². The van der Waals surface area contributed by atoms with Crippen LogP contribution in [0.15, 0.2) is 33.7 Å². The summed E-state index contributed by atoms with van der Waals surface area (Å²) >= 11 is 0. The molecule has 0 aliphatic heterocycles. The van der Waals surface area contributed by atoms with Crippen molar-refractivity contribution >= 4 is 46.9 Å². The van der Waals surface area contributed by atoms with Gasteiger partial charge in [0.1, 0.15) is 11.3 Å². The maximum atomic E-state index is 11.0. The lowest BCUT2D eigenvalue weighted by Gasteiger charge is -2.11. The number of methoxy groups -OCH3 is 1. The second-order valence-corrected chi connectivity index (χ2v) is 5.53. The molecule has 25 heavy (non-hydrogen) atoms. The van der Waals surface area contributed by atoms with E-state index in [2.05, 4.69) is 33.4 Å². The van der Waals surface area contributed by atoms with Crippen LogP contribution >= 0.6 is 24.0 Å². The Morgan fingerprint density at radius 1 is 1.24 bits per heavy atom. The van der Waals surface area contributed by atoms with Crippen molar-refractivity contribution in [1.29, 1.82) is 0 Å². The quantitative estimate of drug-likeness (QED) is 0.218. The van der Waals surface area contributed by atoms with Crippen molar-refractivity contribution in [3.05, 3.63) is 35.6 Å². The first-order valence-corrected chi connectivity index (χ1v) is 8.14. The van der Waals surface area contributed by atoms with Crippen LogP contribution < -0.4 is 10.6 Å². The SMILES string of the molecule is CN=C(NCCCCC(=O)OC)NCc1oc2ccccc2c1C.I. The molecule has 0 unspecified atom stereocenters. The third kappa shape index (κ3) is 6.22. The molecular weight excluding hydrogens is 433 g/mol. The number of esters is 1. The third-order valence-corrected chi connectivity index (χ3v) is 3.91. The van der Waals surface area contributed by atoms with Crippen LogP contribution in [-0.2, 0) is 16.1 Å². The molecule has 1 aromatic heterocycles. The minimum Gasteiger partial charge on any atom is -0.469 e. The van der Waals surface area contributed by atoms with Crippen molar-refractivity contribution in [1.82, 2.24) is 10.6 Å². The van der Waals surface area contributed by atoms with Gasteiger partial charge in [0.15, 0.2) is 5.96 Å². The lowest BCUT2D eigenvalue weighted by Crippen LogP contribution is -2.37. The number of aryl methyl sites for hydroxylation is 1. The number of fused-ring (bicyclic) bond motifs is 1. The maximum Gasteiger partial charge on any atom is 0.305 e. The first-order valence-electron chi connectivity index (χ1n) is 8.14. The summed E-state index contributed by atoms with van der Waals surface area (Å²) < 4.78 is 10.5. The molecule has 0 atom stereocenters. The van der Waals surface area contributed by atoms with Crippen LogP contribution in [0.1, 0.15) is 30.6 Å². The Hall–Kier alpha value is -1.77. The van der Waals surface area contributed by atoms with E-state index in [0.717, 1.165) is 41.7 Å². The van der Waals surface area contributed by atoms with E-state index in [4.69, 9.17) is 4.42 Å². The number of carbonyl (C=O) groups excluding carboxylic acids is 1. The van der Waals surface area contributed by atoms with Crippen molar-refractivity contribution in [3.63, 3.8) is 0 Å². The van der Waals surface area contributed by atoms with Gasteiger partial charge in [0.05, 0.1) is 13.7 Å². The standard InChI is InChI=1S/C18H25N3O3.HI/c1-13-14-8-4-5-9-15(14)24-16(13)12-21-18(19-2)20-11-7-6-10-17(22)23-3;/h4-5,8-9H,6-7,10-12H2,1-3H3,(H2,19,20,21);1H.